The Kier molecular flexibility index (Phi) is 4.87. The first-order valence-corrected chi connectivity index (χ1v) is 7.53. The van der Waals surface area contributed by atoms with Crippen LogP contribution in [0.5, 0.6) is 0 Å². The molecule has 20 heavy (non-hydrogen) atoms. The van der Waals surface area contributed by atoms with E-state index in [0.29, 0.717) is 0 Å². The van der Waals surface area contributed by atoms with Gasteiger partial charge in [0, 0.05) is 29.1 Å². The van der Waals surface area contributed by atoms with Crippen LogP contribution in [0.25, 0.3) is 0 Å². The topological polar surface area (TPSA) is 55.2 Å². The number of rotatable bonds is 6. The molecule has 1 heterocycles. The highest BCUT2D eigenvalue weighted by Crippen LogP contribution is 2.26. The minimum Gasteiger partial charge on any atom is -0.303 e. The summed E-state index contributed by atoms with van der Waals surface area (Å²) in [6.45, 7) is 4.20. The van der Waals surface area contributed by atoms with Crippen molar-refractivity contribution < 1.29 is 4.92 Å². The molecule has 0 radical (unpaired) electrons. The van der Waals surface area contributed by atoms with Crippen LogP contribution in [-0.4, -0.2) is 4.92 Å². The molecule has 1 aromatic carbocycles. The van der Waals surface area contributed by atoms with Crippen LogP contribution in [0.3, 0.4) is 0 Å². The van der Waals surface area contributed by atoms with Gasteiger partial charge < -0.3 is 5.32 Å². The monoisotopic (exact) mass is 290 g/mol. The van der Waals surface area contributed by atoms with E-state index in [2.05, 4.69) is 30.6 Å². The lowest BCUT2D eigenvalue weighted by molar-refractivity contribution is -0.384. The van der Waals surface area contributed by atoms with Gasteiger partial charge in [0.05, 0.1) is 4.92 Å². The molecule has 2 aromatic rings. The smallest absolute Gasteiger partial charge is 0.269 e. The van der Waals surface area contributed by atoms with Gasteiger partial charge in [0.1, 0.15) is 0 Å². The van der Waals surface area contributed by atoms with Crippen LogP contribution < -0.4 is 5.32 Å². The summed E-state index contributed by atoms with van der Waals surface area (Å²) in [4.78, 5) is 11.8. The van der Waals surface area contributed by atoms with Gasteiger partial charge in [-0.3, -0.25) is 10.1 Å². The van der Waals surface area contributed by atoms with Crippen LogP contribution in [0.1, 0.15) is 42.8 Å². The third-order valence-corrected chi connectivity index (χ3v) is 4.37. The van der Waals surface area contributed by atoms with Crippen LogP contribution in [0, 0.1) is 10.1 Å². The number of nitrogens with one attached hydrogen (secondary N) is 1. The van der Waals surface area contributed by atoms with Crippen molar-refractivity contribution in [2.45, 2.75) is 32.4 Å². The van der Waals surface area contributed by atoms with E-state index in [9.17, 15) is 10.1 Å². The average Bonchev–Trinajstić information content (AvgIpc) is 2.99. The van der Waals surface area contributed by atoms with Gasteiger partial charge in [0.15, 0.2) is 0 Å². The van der Waals surface area contributed by atoms with E-state index in [0.717, 1.165) is 12.0 Å². The highest BCUT2D eigenvalue weighted by molar-refractivity contribution is 7.10. The molecule has 2 rings (SSSR count). The third kappa shape index (κ3) is 3.43. The van der Waals surface area contributed by atoms with Crippen molar-refractivity contribution in [1.29, 1.82) is 0 Å². The Bertz CT molecular complexity index is 569. The molecule has 0 bridgehead atoms. The van der Waals surface area contributed by atoms with E-state index in [-0.39, 0.29) is 22.7 Å². The molecule has 2 atom stereocenters. The number of non-ortho nitro benzene ring substituents is 1. The zero-order valence-corrected chi connectivity index (χ0v) is 12.4. The fourth-order valence-electron chi connectivity index (χ4n) is 2.23. The molecule has 0 aliphatic rings. The molecule has 0 amide bonds. The predicted molar refractivity (Wildman–Crippen MR) is 82.0 cm³/mol. The molecule has 1 N–H and O–H groups in total. The number of thiophene rings is 1. The maximum absolute atomic E-state index is 10.9. The van der Waals surface area contributed by atoms with E-state index in [1.165, 1.54) is 10.9 Å². The fraction of sp³-hybridized carbons (Fsp3) is 0.333. The minimum absolute atomic E-state index is 0.118. The normalized spacial score (nSPS) is 13.9. The summed E-state index contributed by atoms with van der Waals surface area (Å²) in [7, 11) is 0. The van der Waals surface area contributed by atoms with Gasteiger partial charge in [-0.1, -0.05) is 25.1 Å². The van der Waals surface area contributed by atoms with E-state index in [1.807, 2.05) is 12.1 Å². The summed E-state index contributed by atoms with van der Waals surface area (Å²) in [6, 6.07) is 11.4. The average molecular weight is 290 g/mol. The van der Waals surface area contributed by atoms with Gasteiger partial charge >= 0.3 is 0 Å². The standard InChI is InChI=1S/C15H18N2O2S/c1-3-14(16-11(2)15-8-5-9-20-15)12-6-4-7-13(10-12)17(18)19/h4-11,14,16H,3H2,1-2H3/t11-,14?/m0/s1. The van der Waals surface area contributed by atoms with Crippen LogP contribution in [0.4, 0.5) is 5.69 Å². The van der Waals surface area contributed by atoms with Crippen LogP contribution >= 0.6 is 11.3 Å². The molecule has 4 nitrogen and oxygen atoms in total. The number of benzene rings is 1. The molecule has 1 aromatic heterocycles. The maximum atomic E-state index is 10.9. The van der Waals surface area contributed by atoms with Crippen molar-refractivity contribution in [3.05, 3.63) is 62.3 Å². The Morgan fingerprint density at radius 1 is 1.35 bits per heavy atom. The highest BCUT2D eigenvalue weighted by Gasteiger charge is 2.16. The molecule has 0 saturated carbocycles. The Morgan fingerprint density at radius 2 is 2.15 bits per heavy atom. The second-order valence-corrected chi connectivity index (χ2v) is 5.70. The summed E-state index contributed by atoms with van der Waals surface area (Å²) >= 11 is 1.72. The maximum Gasteiger partial charge on any atom is 0.269 e. The molecule has 0 aliphatic heterocycles. The molecule has 106 valence electrons. The molecule has 0 saturated heterocycles. The second kappa shape index (κ2) is 6.63. The minimum atomic E-state index is -0.348. The second-order valence-electron chi connectivity index (χ2n) is 4.72. The number of nitrogens with zero attached hydrogens (tertiary/aromatic N) is 1. The Balaban J connectivity index is 2.15. The highest BCUT2D eigenvalue weighted by atomic mass is 32.1. The zero-order chi connectivity index (χ0) is 14.5. The lowest BCUT2D eigenvalue weighted by Crippen LogP contribution is -2.23. The Labute approximate surface area is 122 Å². The SMILES string of the molecule is CCC(N[C@@H](C)c1cccs1)c1cccc([N+](=O)[O-])c1. The van der Waals surface area contributed by atoms with Crippen LogP contribution in [0.2, 0.25) is 0 Å². The van der Waals surface area contributed by atoms with Gasteiger partial charge in [0.2, 0.25) is 0 Å². The molecule has 0 aliphatic carbocycles. The van der Waals surface area contributed by atoms with E-state index >= 15 is 0 Å². The summed E-state index contributed by atoms with van der Waals surface area (Å²) in [5, 5.41) is 16.5. The fourth-order valence-corrected chi connectivity index (χ4v) is 2.97. The summed E-state index contributed by atoms with van der Waals surface area (Å²) < 4.78 is 0. The predicted octanol–water partition coefficient (Wildman–Crippen LogP) is 4.46. The molecule has 5 heteroatoms. The first-order valence-electron chi connectivity index (χ1n) is 6.65. The van der Waals surface area contributed by atoms with Crippen LogP contribution in [-0.2, 0) is 0 Å². The molecular formula is C15H18N2O2S. The van der Waals surface area contributed by atoms with Crippen molar-refractivity contribution in [3.63, 3.8) is 0 Å². The van der Waals surface area contributed by atoms with Crippen molar-refractivity contribution in [3.8, 4) is 0 Å². The number of nitro benzene ring substituents is 1. The van der Waals surface area contributed by atoms with E-state index < -0.39 is 0 Å². The molecular weight excluding hydrogens is 272 g/mol. The number of hydrogen-bond acceptors (Lipinski definition) is 4. The molecule has 0 spiro atoms. The van der Waals surface area contributed by atoms with Gasteiger partial charge in [-0.05, 0) is 30.4 Å². The first-order chi connectivity index (χ1) is 9.61. The summed E-state index contributed by atoms with van der Waals surface area (Å²) in [5.41, 5.74) is 1.11. The first kappa shape index (κ1) is 14.7. The summed E-state index contributed by atoms with van der Waals surface area (Å²) in [6.07, 6.45) is 0.886. The van der Waals surface area contributed by atoms with Crippen molar-refractivity contribution >= 4 is 17.0 Å². The summed E-state index contributed by atoms with van der Waals surface area (Å²) in [5.74, 6) is 0. The van der Waals surface area contributed by atoms with Crippen LogP contribution in [0.15, 0.2) is 41.8 Å². The number of nitro groups is 1. The van der Waals surface area contributed by atoms with Gasteiger partial charge in [0.25, 0.3) is 5.69 Å². The third-order valence-electron chi connectivity index (χ3n) is 3.31. The van der Waals surface area contributed by atoms with Crippen molar-refractivity contribution in [1.82, 2.24) is 5.32 Å². The van der Waals surface area contributed by atoms with E-state index in [4.69, 9.17) is 0 Å². The molecule has 0 fully saturated rings. The Hall–Kier alpha value is -1.72. The quantitative estimate of drug-likeness (QED) is 0.631. The van der Waals surface area contributed by atoms with Crippen molar-refractivity contribution in [2.24, 2.45) is 0 Å². The van der Waals surface area contributed by atoms with Gasteiger partial charge in [-0.25, -0.2) is 0 Å². The lowest BCUT2D eigenvalue weighted by Gasteiger charge is -2.22. The van der Waals surface area contributed by atoms with Crippen molar-refractivity contribution in [2.75, 3.05) is 0 Å². The lowest BCUT2D eigenvalue weighted by atomic mass is 10.0. The van der Waals surface area contributed by atoms with Gasteiger partial charge in [-0.15, -0.1) is 11.3 Å². The van der Waals surface area contributed by atoms with E-state index in [1.54, 1.807) is 23.5 Å². The number of hydrogen-bond donors (Lipinski definition) is 1. The van der Waals surface area contributed by atoms with Gasteiger partial charge in [-0.2, -0.15) is 0 Å². The Morgan fingerprint density at radius 3 is 2.75 bits per heavy atom. The largest absolute Gasteiger partial charge is 0.303 e. The zero-order valence-electron chi connectivity index (χ0n) is 11.6. The molecule has 1 unspecified atom stereocenters.